The first-order valence-corrected chi connectivity index (χ1v) is 6.48. The Kier molecular flexibility index (Phi) is 4.29. The van der Waals surface area contributed by atoms with Gasteiger partial charge in [0.15, 0.2) is 0 Å². The smallest absolute Gasteiger partial charge is 0.370 e. The number of nitrogens with one attached hydrogen (secondary N) is 1. The van der Waals surface area contributed by atoms with E-state index in [1.54, 1.807) is 0 Å². The number of hydrogen-bond donors (Lipinski definition) is 2. The van der Waals surface area contributed by atoms with Gasteiger partial charge in [-0.1, -0.05) is 0 Å². The molecule has 0 aromatic carbocycles. The van der Waals surface area contributed by atoms with E-state index in [0.29, 0.717) is 17.8 Å². The molecule has 0 bridgehead atoms. The first-order chi connectivity index (χ1) is 8.95. The third kappa shape index (κ3) is 4.09. The maximum absolute atomic E-state index is 12.4. The Bertz CT molecular complexity index is 395. The largest absolute Gasteiger partial charge is 0.417 e. The van der Waals surface area contributed by atoms with Gasteiger partial charge in [-0.25, -0.2) is 4.98 Å². The highest BCUT2D eigenvalue weighted by atomic mass is 19.4. The lowest BCUT2D eigenvalue weighted by Crippen LogP contribution is -2.29. The van der Waals surface area contributed by atoms with Crippen LogP contribution in [0.25, 0.3) is 0 Å². The SMILES string of the molecule is N[C@H]1CC[C@H](CNc2ccc(C(F)(F)F)cn2)CC1. The van der Waals surface area contributed by atoms with Crippen molar-refractivity contribution in [3.8, 4) is 0 Å². The number of pyridine rings is 1. The molecule has 0 aliphatic heterocycles. The van der Waals surface area contributed by atoms with Crippen LogP contribution in [0.15, 0.2) is 18.3 Å². The van der Waals surface area contributed by atoms with Crippen LogP contribution in [0.5, 0.6) is 0 Å². The van der Waals surface area contributed by atoms with E-state index in [0.717, 1.165) is 44.5 Å². The highest BCUT2D eigenvalue weighted by molar-refractivity contribution is 5.36. The molecule has 0 atom stereocenters. The van der Waals surface area contributed by atoms with Crippen molar-refractivity contribution >= 4 is 5.82 Å². The summed E-state index contributed by atoms with van der Waals surface area (Å²) in [5.41, 5.74) is 5.10. The Labute approximate surface area is 110 Å². The highest BCUT2D eigenvalue weighted by Gasteiger charge is 2.30. The topological polar surface area (TPSA) is 50.9 Å². The van der Waals surface area contributed by atoms with Crippen molar-refractivity contribution in [3.05, 3.63) is 23.9 Å². The fraction of sp³-hybridized carbons (Fsp3) is 0.615. The van der Waals surface area contributed by atoms with E-state index in [1.807, 2.05) is 0 Å². The first kappa shape index (κ1) is 14.1. The molecule has 1 aromatic heterocycles. The quantitative estimate of drug-likeness (QED) is 0.890. The molecule has 2 rings (SSSR count). The van der Waals surface area contributed by atoms with Crippen LogP contribution in [0, 0.1) is 5.92 Å². The second-order valence-electron chi connectivity index (χ2n) is 5.09. The molecule has 19 heavy (non-hydrogen) atoms. The lowest BCUT2D eigenvalue weighted by molar-refractivity contribution is -0.137. The van der Waals surface area contributed by atoms with Crippen LogP contribution in [-0.2, 0) is 6.18 Å². The van der Waals surface area contributed by atoms with Gasteiger partial charge in [-0.2, -0.15) is 13.2 Å². The zero-order chi connectivity index (χ0) is 13.9. The summed E-state index contributed by atoms with van der Waals surface area (Å²) in [6, 6.07) is 2.73. The van der Waals surface area contributed by atoms with Crippen molar-refractivity contribution < 1.29 is 13.2 Å². The minimum absolute atomic E-state index is 0.306. The van der Waals surface area contributed by atoms with E-state index in [2.05, 4.69) is 10.3 Å². The van der Waals surface area contributed by atoms with Crippen LogP contribution >= 0.6 is 0 Å². The van der Waals surface area contributed by atoms with E-state index in [4.69, 9.17) is 5.73 Å². The number of hydrogen-bond acceptors (Lipinski definition) is 3. The lowest BCUT2D eigenvalue weighted by Gasteiger charge is -2.26. The van der Waals surface area contributed by atoms with E-state index < -0.39 is 11.7 Å². The van der Waals surface area contributed by atoms with E-state index in [1.165, 1.54) is 6.07 Å². The fourth-order valence-electron chi connectivity index (χ4n) is 2.31. The molecule has 1 fully saturated rings. The molecule has 1 saturated carbocycles. The van der Waals surface area contributed by atoms with Gasteiger partial charge in [-0.3, -0.25) is 0 Å². The fourth-order valence-corrected chi connectivity index (χ4v) is 2.31. The average Bonchev–Trinajstić information content (AvgIpc) is 2.37. The van der Waals surface area contributed by atoms with Gasteiger partial charge in [0, 0.05) is 18.8 Å². The van der Waals surface area contributed by atoms with Crippen LogP contribution in [-0.4, -0.2) is 17.6 Å². The molecule has 6 heteroatoms. The number of nitrogens with two attached hydrogens (primary N) is 1. The van der Waals surface area contributed by atoms with Gasteiger partial charge in [0.25, 0.3) is 0 Å². The second kappa shape index (κ2) is 5.77. The minimum Gasteiger partial charge on any atom is -0.370 e. The summed E-state index contributed by atoms with van der Waals surface area (Å²) in [5, 5.41) is 3.09. The van der Waals surface area contributed by atoms with E-state index in [-0.39, 0.29) is 0 Å². The van der Waals surface area contributed by atoms with Gasteiger partial charge in [-0.05, 0) is 43.7 Å². The van der Waals surface area contributed by atoms with Crippen molar-refractivity contribution in [1.29, 1.82) is 0 Å². The lowest BCUT2D eigenvalue weighted by atomic mass is 9.86. The monoisotopic (exact) mass is 273 g/mol. The summed E-state index contributed by atoms with van der Waals surface area (Å²) in [6.45, 7) is 0.741. The van der Waals surface area contributed by atoms with Gasteiger partial charge in [-0.15, -0.1) is 0 Å². The first-order valence-electron chi connectivity index (χ1n) is 6.48. The van der Waals surface area contributed by atoms with Gasteiger partial charge < -0.3 is 11.1 Å². The van der Waals surface area contributed by atoms with Crippen molar-refractivity contribution in [3.63, 3.8) is 0 Å². The number of rotatable bonds is 3. The molecule has 1 aromatic rings. The summed E-state index contributed by atoms with van der Waals surface area (Å²) in [7, 11) is 0. The number of aromatic nitrogens is 1. The number of anilines is 1. The van der Waals surface area contributed by atoms with Crippen LogP contribution in [0.3, 0.4) is 0 Å². The molecule has 1 heterocycles. The third-order valence-corrected chi connectivity index (χ3v) is 3.55. The van der Waals surface area contributed by atoms with Crippen LogP contribution < -0.4 is 11.1 Å². The Morgan fingerprint density at radius 2 is 1.89 bits per heavy atom. The molecule has 0 saturated heterocycles. The number of nitrogens with zero attached hydrogens (tertiary/aromatic N) is 1. The Morgan fingerprint density at radius 1 is 1.21 bits per heavy atom. The summed E-state index contributed by atoms with van der Waals surface area (Å²) >= 11 is 0. The molecular formula is C13H18F3N3. The molecule has 0 radical (unpaired) electrons. The normalized spacial score (nSPS) is 24.2. The van der Waals surface area contributed by atoms with Crippen LogP contribution in [0.1, 0.15) is 31.2 Å². The molecule has 1 aliphatic carbocycles. The van der Waals surface area contributed by atoms with Crippen molar-refractivity contribution in [2.75, 3.05) is 11.9 Å². The predicted molar refractivity (Wildman–Crippen MR) is 67.7 cm³/mol. The highest BCUT2D eigenvalue weighted by Crippen LogP contribution is 2.29. The zero-order valence-electron chi connectivity index (χ0n) is 10.6. The van der Waals surface area contributed by atoms with Gasteiger partial charge in [0.2, 0.25) is 0 Å². The van der Waals surface area contributed by atoms with Crippen LogP contribution in [0.4, 0.5) is 19.0 Å². The van der Waals surface area contributed by atoms with Crippen molar-refractivity contribution in [1.82, 2.24) is 4.98 Å². The number of alkyl halides is 3. The Hall–Kier alpha value is -1.30. The molecule has 0 amide bonds. The van der Waals surface area contributed by atoms with E-state index >= 15 is 0 Å². The van der Waals surface area contributed by atoms with Crippen molar-refractivity contribution in [2.45, 2.75) is 37.9 Å². The Balaban J connectivity index is 1.83. The standard InChI is InChI=1S/C13H18F3N3/c14-13(15,16)10-3-6-12(19-8-10)18-7-9-1-4-11(17)5-2-9/h3,6,8-9,11H,1-2,4-5,7,17H2,(H,18,19)/t9-,11-. The molecule has 1 aliphatic rings. The summed E-state index contributed by atoms with van der Waals surface area (Å²) in [5.74, 6) is 1.02. The third-order valence-electron chi connectivity index (χ3n) is 3.55. The maximum Gasteiger partial charge on any atom is 0.417 e. The molecular weight excluding hydrogens is 255 g/mol. The summed E-state index contributed by atoms with van der Waals surface area (Å²) in [6.07, 6.45) is 0.702. The Morgan fingerprint density at radius 3 is 2.42 bits per heavy atom. The van der Waals surface area contributed by atoms with Gasteiger partial charge in [0.1, 0.15) is 5.82 Å². The van der Waals surface area contributed by atoms with Gasteiger partial charge >= 0.3 is 6.18 Å². The summed E-state index contributed by atoms with van der Waals surface area (Å²) < 4.78 is 37.1. The predicted octanol–water partition coefficient (Wildman–Crippen LogP) is 3.03. The molecule has 0 spiro atoms. The molecule has 3 nitrogen and oxygen atoms in total. The average molecular weight is 273 g/mol. The van der Waals surface area contributed by atoms with Gasteiger partial charge in [0.05, 0.1) is 5.56 Å². The maximum atomic E-state index is 12.4. The molecule has 106 valence electrons. The summed E-state index contributed by atoms with van der Waals surface area (Å²) in [4.78, 5) is 3.79. The van der Waals surface area contributed by atoms with E-state index in [9.17, 15) is 13.2 Å². The number of halogens is 3. The minimum atomic E-state index is -4.33. The molecule has 0 unspecified atom stereocenters. The zero-order valence-corrected chi connectivity index (χ0v) is 10.6. The molecule has 3 N–H and O–H groups in total. The second-order valence-corrected chi connectivity index (χ2v) is 5.09. The van der Waals surface area contributed by atoms with Crippen molar-refractivity contribution in [2.24, 2.45) is 11.7 Å². The van der Waals surface area contributed by atoms with Crippen LogP contribution in [0.2, 0.25) is 0 Å².